The lowest BCUT2D eigenvalue weighted by atomic mass is 10.1. The number of anilines is 1. The lowest BCUT2D eigenvalue weighted by Crippen LogP contribution is -2.54. The summed E-state index contributed by atoms with van der Waals surface area (Å²) in [6.45, 7) is 2.81. The number of rotatable bonds is 2. The highest BCUT2D eigenvalue weighted by Gasteiger charge is 2.45. The highest BCUT2D eigenvalue weighted by molar-refractivity contribution is 5.98. The van der Waals surface area contributed by atoms with Crippen molar-refractivity contribution in [3.05, 3.63) is 59.9 Å². The van der Waals surface area contributed by atoms with Crippen molar-refractivity contribution in [2.45, 2.75) is 19.1 Å². The molecule has 6 nitrogen and oxygen atoms in total. The van der Waals surface area contributed by atoms with Crippen LogP contribution < -0.4 is 4.90 Å². The van der Waals surface area contributed by atoms with Gasteiger partial charge in [-0.25, -0.2) is 0 Å². The van der Waals surface area contributed by atoms with Gasteiger partial charge in [-0.15, -0.1) is 0 Å². The predicted molar refractivity (Wildman–Crippen MR) is 92.3 cm³/mol. The van der Waals surface area contributed by atoms with Crippen LogP contribution >= 0.6 is 0 Å². The van der Waals surface area contributed by atoms with Gasteiger partial charge in [-0.2, -0.15) is 0 Å². The summed E-state index contributed by atoms with van der Waals surface area (Å²) in [4.78, 5) is 33.0. The standard InChI is InChI=1S/C19H19N3O3/c1-13-15(8-5-9-20-13)19(24)21-10-16-17(11-21)25-12-18(23)22(16)14-6-3-2-4-7-14/h2-9,16-17H,10-12H2,1H3/t16-,17-/m0/s1. The maximum Gasteiger partial charge on any atom is 0.255 e. The molecule has 0 unspecified atom stereocenters. The average molecular weight is 337 g/mol. The van der Waals surface area contributed by atoms with Gasteiger partial charge in [0.05, 0.1) is 17.7 Å². The Kier molecular flexibility index (Phi) is 3.97. The Morgan fingerprint density at radius 1 is 1.16 bits per heavy atom. The summed E-state index contributed by atoms with van der Waals surface area (Å²) < 4.78 is 5.71. The summed E-state index contributed by atoms with van der Waals surface area (Å²) in [5.74, 6) is -0.136. The zero-order valence-electron chi connectivity index (χ0n) is 14.0. The van der Waals surface area contributed by atoms with Crippen molar-refractivity contribution in [2.75, 3.05) is 24.6 Å². The number of aryl methyl sites for hydroxylation is 1. The molecule has 0 N–H and O–H groups in total. The second kappa shape index (κ2) is 6.29. The number of para-hydroxylation sites is 1. The number of morpholine rings is 1. The molecule has 6 heteroatoms. The van der Waals surface area contributed by atoms with Crippen LogP contribution in [0.1, 0.15) is 16.1 Å². The molecule has 2 aromatic rings. The SMILES string of the molecule is Cc1ncccc1C(=O)N1C[C@@H]2OCC(=O)N(c3ccccc3)[C@H]2C1. The lowest BCUT2D eigenvalue weighted by molar-refractivity contribution is -0.130. The van der Waals surface area contributed by atoms with Crippen molar-refractivity contribution in [2.24, 2.45) is 0 Å². The van der Waals surface area contributed by atoms with Crippen LogP contribution in [0.2, 0.25) is 0 Å². The zero-order valence-corrected chi connectivity index (χ0v) is 14.0. The fraction of sp³-hybridized carbons (Fsp3) is 0.316. The van der Waals surface area contributed by atoms with E-state index in [1.165, 1.54) is 0 Å². The van der Waals surface area contributed by atoms with E-state index in [0.717, 1.165) is 5.69 Å². The van der Waals surface area contributed by atoms with E-state index in [9.17, 15) is 9.59 Å². The van der Waals surface area contributed by atoms with Gasteiger partial charge in [0.2, 0.25) is 0 Å². The van der Waals surface area contributed by atoms with Crippen molar-refractivity contribution < 1.29 is 14.3 Å². The summed E-state index contributed by atoms with van der Waals surface area (Å²) in [5, 5.41) is 0. The van der Waals surface area contributed by atoms with Gasteiger partial charge in [0.1, 0.15) is 6.61 Å². The van der Waals surface area contributed by atoms with Crippen molar-refractivity contribution >= 4 is 17.5 Å². The number of nitrogens with zero attached hydrogens (tertiary/aromatic N) is 3. The third-order valence-corrected chi connectivity index (χ3v) is 4.82. The van der Waals surface area contributed by atoms with Gasteiger partial charge in [0.25, 0.3) is 11.8 Å². The number of pyridine rings is 1. The number of carbonyl (C=O) groups excluding carboxylic acids is 2. The third-order valence-electron chi connectivity index (χ3n) is 4.82. The van der Waals surface area contributed by atoms with Gasteiger partial charge in [0.15, 0.2) is 0 Å². The van der Waals surface area contributed by atoms with Gasteiger partial charge >= 0.3 is 0 Å². The number of hydrogen-bond acceptors (Lipinski definition) is 4. The molecule has 0 saturated carbocycles. The first-order valence-electron chi connectivity index (χ1n) is 8.35. The Morgan fingerprint density at radius 2 is 1.96 bits per heavy atom. The molecule has 2 fully saturated rings. The fourth-order valence-corrected chi connectivity index (χ4v) is 3.57. The zero-order chi connectivity index (χ0) is 17.4. The number of carbonyl (C=O) groups is 2. The smallest absolute Gasteiger partial charge is 0.255 e. The molecule has 2 aliphatic heterocycles. The van der Waals surface area contributed by atoms with E-state index in [0.29, 0.717) is 24.3 Å². The van der Waals surface area contributed by atoms with Crippen LogP contribution in [-0.2, 0) is 9.53 Å². The summed E-state index contributed by atoms with van der Waals surface area (Å²) in [6.07, 6.45) is 1.51. The molecule has 2 atom stereocenters. The molecule has 2 aliphatic rings. The molecule has 2 amide bonds. The first kappa shape index (κ1) is 15.8. The molecular weight excluding hydrogens is 318 g/mol. The molecule has 2 saturated heterocycles. The van der Waals surface area contributed by atoms with Gasteiger partial charge < -0.3 is 14.5 Å². The van der Waals surface area contributed by atoms with E-state index >= 15 is 0 Å². The Bertz CT molecular complexity index is 809. The van der Waals surface area contributed by atoms with Crippen molar-refractivity contribution in [1.82, 2.24) is 9.88 Å². The molecule has 0 bridgehead atoms. The normalized spacial score (nSPS) is 22.8. The molecule has 1 aromatic carbocycles. The van der Waals surface area contributed by atoms with Crippen LogP contribution in [0.15, 0.2) is 48.7 Å². The van der Waals surface area contributed by atoms with Crippen LogP contribution in [0.4, 0.5) is 5.69 Å². The minimum absolute atomic E-state index is 0.0456. The van der Waals surface area contributed by atoms with E-state index in [1.54, 1.807) is 28.1 Å². The molecule has 0 radical (unpaired) electrons. The summed E-state index contributed by atoms with van der Waals surface area (Å²) in [7, 11) is 0. The Hall–Kier alpha value is -2.73. The Balaban J connectivity index is 1.60. The summed E-state index contributed by atoms with van der Waals surface area (Å²) >= 11 is 0. The Labute approximate surface area is 146 Å². The first-order valence-corrected chi connectivity index (χ1v) is 8.35. The van der Waals surface area contributed by atoms with Gasteiger partial charge in [-0.3, -0.25) is 14.6 Å². The maximum atomic E-state index is 12.9. The Morgan fingerprint density at radius 3 is 2.72 bits per heavy atom. The van der Waals surface area contributed by atoms with E-state index in [-0.39, 0.29) is 30.6 Å². The number of hydrogen-bond donors (Lipinski definition) is 0. The number of likely N-dealkylation sites (tertiary alicyclic amines) is 1. The van der Waals surface area contributed by atoms with E-state index in [1.807, 2.05) is 37.3 Å². The minimum atomic E-state index is -0.168. The highest BCUT2D eigenvalue weighted by Crippen LogP contribution is 2.29. The van der Waals surface area contributed by atoms with Gasteiger partial charge in [0, 0.05) is 30.7 Å². The molecule has 128 valence electrons. The third kappa shape index (κ3) is 2.78. The van der Waals surface area contributed by atoms with Crippen molar-refractivity contribution in [1.29, 1.82) is 0 Å². The van der Waals surface area contributed by atoms with Crippen molar-refractivity contribution in [3.8, 4) is 0 Å². The number of fused-ring (bicyclic) bond motifs is 1. The van der Waals surface area contributed by atoms with Gasteiger partial charge in [-0.05, 0) is 31.2 Å². The maximum absolute atomic E-state index is 12.9. The predicted octanol–water partition coefficient (Wildman–Crippen LogP) is 1.65. The van der Waals surface area contributed by atoms with Crippen LogP contribution in [0.25, 0.3) is 0 Å². The number of benzene rings is 1. The molecule has 0 spiro atoms. The van der Waals surface area contributed by atoms with E-state index in [4.69, 9.17) is 4.74 Å². The van der Waals surface area contributed by atoms with Crippen LogP contribution in [0.5, 0.6) is 0 Å². The number of amides is 2. The van der Waals surface area contributed by atoms with Crippen LogP contribution in [-0.4, -0.2) is 53.5 Å². The highest BCUT2D eigenvalue weighted by atomic mass is 16.5. The topological polar surface area (TPSA) is 62.7 Å². The number of aromatic nitrogens is 1. The number of ether oxygens (including phenoxy) is 1. The van der Waals surface area contributed by atoms with Gasteiger partial charge in [-0.1, -0.05) is 18.2 Å². The molecule has 3 heterocycles. The average Bonchev–Trinajstić information content (AvgIpc) is 3.06. The lowest BCUT2D eigenvalue weighted by Gasteiger charge is -2.36. The van der Waals surface area contributed by atoms with Crippen LogP contribution in [0.3, 0.4) is 0 Å². The van der Waals surface area contributed by atoms with Crippen molar-refractivity contribution in [3.63, 3.8) is 0 Å². The van der Waals surface area contributed by atoms with E-state index < -0.39 is 0 Å². The first-order chi connectivity index (χ1) is 12.1. The van der Waals surface area contributed by atoms with E-state index in [2.05, 4.69) is 4.98 Å². The van der Waals surface area contributed by atoms with Crippen LogP contribution in [0, 0.1) is 6.92 Å². The monoisotopic (exact) mass is 337 g/mol. The molecule has 1 aromatic heterocycles. The fourth-order valence-electron chi connectivity index (χ4n) is 3.57. The largest absolute Gasteiger partial charge is 0.364 e. The molecule has 4 rings (SSSR count). The molecule has 0 aliphatic carbocycles. The molecule has 25 heavy (non-hydrogen) atoms. The second-order valence-electron chi connectivity index (χ2n) is 6.36. The summed E-state index contributed by atoms with van der Waals surface area (Å²) in [5.41, 5.74) is 2.15. The molecular formula is C19H19N3O3. The minimum Gasteiger partial charge on any atom is -0.364 e. The summed E-state index contributed by atoms with van der Waals surface area (Å²) in [6, 6.07) is 12.9. The second-order valence-corrected chi connectivity index (χ2v) is 6.36. The quantitative estimate of drug-likeness (QED) is 0.836.